The minimum absolute atomic E-state index is 0.416. The Kier molecular flexibility index (Phi) is 9.56. The zero-order valence-corrected chi connectivity index (χ0v) is 16.1. The third-order valence-corrected chi connectivity index (χ3v) is 4.47. The molecule has 5 heteroatoms. The van der Waals surface area contributed by atoms with Crippen molar-refractivity contribution in [3.63, 3.8) is 0 Å². The molecular weight excluding hydrogens is 288 g/mol. The predicted molar refractivity (Wildman–Crippen MR) is 99.0 cm³/mol. The van der Waals surface area contributed by atoms with E-state index in [0.717, 1.165) is 45.4 Å². The minimum Gasteiger partial charge on any atom is -0.379 e. The maximum atomic E-state index is 5.50. The van der Waals surface area contributed by atoms with Gasteiger partial charge in [-0.1, -0.05) is 27.7 Å². The molecule has 136 valence electrons. The SMILES string of the molecule is CCNC(=NCC(CC(C)C)N1CCOCC1)NC(C)C(C)C. The van der Waals surface area contributed by atoms with E-state index in [0.29, 0.717) is 23.9 Å². The number of guanidine groups is 1. The number of rotatable bonds is 8. The topological polar surface area (TPSA) is 48.9 Å². The molecule has 0 aromatic carbocycles. The Morgan fingerprint density at radius 3 is 2.30 bits per heavy atom. The average Bonchev–Trinajstić information content (AvgIpc) is 2.51. The molecule has 0 aromatic heterocycles. The molecule has 1 aliphatic rings. The molecule has 0 bridgehead atoms. The quantitative estimate of drug-likeness (QED) is 0.531. The normalized spacial score (nSPS) is 19.9. The van der Waals surface area contributed by atoms with Crippen LogP contribution in [-0.2, 0) is 4.74 Å². The first-order valence-electron chi connectivity index (χ1n) is 9.30. The van der Waals surface area contributed by atoms with E-state index in [1.165, 1.54) is 6.42 Å². The molecule has 2 unspecified atom stereocenters. The van der Waals surface area contributed by atoms with Crippen molar-refractivity contribution in [3.8, 4) is 0 Å². The van der Waals surface area contributed by atoms with Crippen LogP contribution >= 0.6 is 0 Å². The van der Waals surface area contributed by atoms with Crippen LogP contribution < -0.4 is 10.6 Å². The fraction of sp³-hybridized carbons (Fsp3) is 0.944. The van der Waals surface area contributed by atoms with E-state index < -0.39 is 0 Å². The lowest BCUT2D eigenvalue weighted by atomic mass is 10.0. The van der Waals surface area contributed by atoms with Crippen LogP contribution in [0.25, 0.3) is 0 Å². The lowest BCUT2D eigenvalue weighted by Crippen LogP contribution is -2.47. The summed E-state index contributed by atoms with van der Waals surface area (Å²) in [5.41, 5.74) is 0. The van der Waals surface area contributed by atoms with Gasteiger partial charge in [-0.15, -0.1) is 0 Å². The van der Waals surface area contributed by atoms with Crippen molar-refractivity contribution >= 4 is 5.96 Å². The van der Waals surface area contributed by atoms with Crippen molar-refractivity contribution in [3.05, 3.63) is 0 Å². The summed E-state index contributed by atoms with van der Waals surface area (Å²) in [6.45, 7) is 18.9. The maximum Gasteiger partial charge on any atom is 0.191 e. The summed E-state index contributed by atoms with van der Waals surface area (Å²) in [4.78, 5) is 7.42. The van der Waals surface area contributed by atoms with E-state index in [-0.39, 0.29) is 0 Å². The van der Waals surface area contributed by atoms with Crippen molar-refractivity contribution in [1.29, 1.82) is 0 Å². The number of hydrogen-bond acceptors (Lipinski definition) is 3. The van der Waals surface area contributed by atoms with Gasteiger partial charge in [-0.05, 0) is 32.1 Å². The summed E-state index contributed by atoms with van der Waals surface area (Å²) in [6, 6.07) is 0.920. The number of hydrogen-bond donors (Lipinski definition) is 2. The summed E-state index contributed by atoms with van der Waals surface area (Å²) < 4.78 is 5.50. The van der Waals surface area contributed by atoms with Crippen LogP contribution in [0.3, 0.4) is 0 Å². The third kappa shape index (κ3) is 8.02. The van der Waals surface area contributed by atoms with Gasteiger partial charge in [-0.3, -0.25) is 9.89 Å². The van der Waals surface area contributed by atoms with E-state index in [1.807, 2.05) is 0 Å². The molecule has 1 heterocycles. The third-order valence-electron chi connectivity index (χ3n) is 4.47. The summed E-state index contributed by atoms with van der Waals surface area (Å²) >= 11 is 0. The largest absolute Gasteiger partial charge is 0.379 e. The highest BCUT2D eigenvalue weighted by Crippen LogP contribution is 2.14. The second kappa shape index (κ2) is 10.9. The summed E-state index contributed by atoms with van der Waals surface area (Å²) in [5.74, 6) is 2.21. The highest BCUT2D eigenvalue weighted by molar-refractivity contribution is 5.80. The van der Waals surface area contributed by atoms with E-state index >= 15 is 0 Å². The molecule has 2 N–H and O–H groups in total. The van der Waals surface area contributed by atoms with Gasteiger partial charge in [-0.25, -0.2) is 0 Å². The van der Waals surface area contributed by atoms with E-state index in [1.54, 1.807) is 0 Å². The predicted octanol–water partition coefficient (Wildman–Crippen LogP) is 2.33. The first-order valence-corrected chi connectivity index (χ1v) is 9.30. The van der Waals surface area contributed by atoms with Gasteiger partial charge in [0, 0.05) is 31.7 Å². The number of morpholine rings is 1. The first kappa shape index (κ1) is 20.2. The number of ether oxygens (including phenoxy) is 1. The Balaban J connectivity index is 2.68. The number of nitrogens with one attached hydrogen (secondary N) is 2. The summed E-state index contributed by atoms with van der Waals surface area (Å²) in [7, 11) is 0. The van der Waals surface area contributed by atoms with Crippen LogP contribution in [0.4, 0.5) is 0 Å². The molecule has 0 spiro atoms. The lowest BCUT2D eigenvalue weighted by Gasteiger charge is -2.34. The average molecular weight is 327 g/mol. The lowest BCUT2D eigenvalue weighted by molar-refractivity contribution is 0.0143. The van der Waals surface area contributed by atoms with Crippen molar-refractivity contribution in [1.82, 2.24) is 15.5 Å². The van der Waals surface area contributed by atoms with Gasteiger partial charge in [0.15, 0.2) is 5.96 Å². The van der Waals surface area contributed by atoms with Crippen molar-refractivity contribution in [2.45, 2.75) is 60.0 Å². The van der Waals surface area contributed by atoms with E-state index in [2.05, 4.69) is 57.1 Å². The van der Waals surface area contributed by atoms with Gasteiger partial charge >= 0.3 is 0 Å². The van der Waals surface area contributed by atoms with Crippen molar-refractivity contribution in [2.24, 2.45) is 16.8 Å². The Hall–Kier alpha value is -0.810. The fourth-order valence-electron chi connectivity index (χ4n) is 2.72. The fourth-order valence-corrected chi connectivity index (χ4v) is 2.72. The zero-order chi connectivity index (χ0) is 17.2. The van der Waals surface area contributed by atoms with Crippen LogP contribution in [0, 0.1) is 11.8 Å². The van der Waals surface area contributed by atoms with Crippen molar-refractivity contribution < 1.29 is 4.74 Å². The van der Waals surface area contributed by atoms with Crippen LogP contribution in [-0.4, -0.2) is 62.3 Å². The van der Waals surface area contributed by atoms with Gasteiger partial charge in [0.05, 0.1) is 19.8 Å². The summed E-state index contributed by atoms with van der Waals surface area (Å²) in [6.07, 6.45) is 1.18. The van der Waals surface area contributed by atoms with Crippen LogP contribution in [0.1, 0.15) is 48.0 Å². The Labute approximate surface area is 143 Å². The van der Waals surface area contributed by atoms with Crippen LogP contribution in [0.5, 0.6) is 0 Å². The second-order valence-corrected chi connectivity index (χ2v) is 7.33. The molecule has 1 fully saturated rings. The molecule has 1 aliphatic heterocycles. The minimum atomic E-state index is 0.416. The van der Waals surface area contributed by atoms with Crippen LogP contribution in [0.2, 0.25) is 0 Å². The molecule has 0 amide bonds. The van der Waals surface area contributed by atoms with E-state index in [4.69, 9.17) is 9.73 Å². The van der Waals surface area contributed by atoms with Gasteiger partial charge < -0.3 is 15.4 Å². The Morgan fingerprint density at radius 2 is 1.78 bits per heavy atom. The molecule has 1 rings (SSSR count). The molecule has 5 nitrogen and oxygen atoms in total. The van der Waals surface area contributed by atoms with Crippen LogP contribution in [0.15, 0.2) is 4.99 Å². The molecule has 0 aromatic rings. The monoisotopic (exact) mass is 326 g/mol. The first-order chi connectivity index (χ1) is 10.9. The van der Waals surface area contributed by atoms with E-state index in [9.17, 15) is 0 Å². The molecule has 2 atom stereocenters. The molecule has 0 aliphatic carbocycles. The van der Waals surface area contributed by atoms with Gasteiger partial charge in [0.2, 0.25) is 0 Å². The molecule has 23 heavy (non-hydrogen) atoms. The summed E-state index contributed by atoms with van der Waals surface area (Å²) in [5, 5.41) is 6.90. The smallest absolute Gasteiger partial charge is 0.191 e. The standard InChI is InChI=1S/C18H38N4O/c1-7-19-18(21-16(6)15(4)5)20-13-17(12-14(2)3)22-8-10-23-11-9-22/h14-17H,7-13H2,1-6H3,(H2,19,20,21). The second-order valence-electron chi connectivity index (χ2n) is 7.33. The highest BCUT2D eigenvalue weighted by Gasteiger charge is 2.22. The maximum absolute atomic E-state index is 5.50. The number of aliphatic imine (C=N–C) groups is 1. The van der Waals surface area contributed by atoms with Gasteiger partial charge in [0.1, 0.15) is 0 Å². The number of nitrogens with zero attached hydrogens (tertiary/aromatic N) is 2. The Bertz CT molecular complexity index is 338. The molecule has 1 saturated heterocycles. The van der Waals surface area contributed by atoms with Gasteiger partial charge in [-0.2, -0.15) is 0 Å². The molecule has 0 saturated carbocycles. The molecular formula is C18H38N4O. The zero-order valence-electron chi connectivity index (χ0n) is 16.1. The Morgan fingerprint density at radius 1 is 1.13 bits per heavy atom. The van der Waals surface area contributed by atoms with Gasteiger partial charge in [0.25, 0.3) is 0 Å². The van der Waals surface area contributed by atoms with Crippen molar-refractivity contribution in [2.75, 3.05) is 39.4 Å². The highest BCUT2D eigenvalue weighted by atomic mass is 16.5. The molecule has 0 radical (unpaired) electrons.